The number of nitrogens with one attached hydrogen (secondary N) is 1. The molecule has 0 spiro atoms. The average molecular weight is 227 g/mol. The Morgan fingerprint density at radius 1 is 0.938 bits per heavy atom. The first kappa shape index (κ1) is 15.3. The van der Waals surface area contributed by atoms with E-state index in [0.29, 0.717) is 6.54 Å². The van der Waals surface area contributed by atoms with Crippen molar-refractivity contribution >= 4 is 6.03 Å². The van der Waals surface area contributed by atoms with Gasteiger partial charge in [0.05, 0.1) is 0 Å². The first-order valence-electron chi connectivity index (χ1n) is 6.76. The lowest BCUT2D eigenvalue weighted by molar-refractivity contribution is 0.239. The van der Waals surface area contributed by atoms with Gasteiger partial charge in [-0.05, 0) is 12.8 Å². The summed E-state index contributed by atoms with van der Waals surface area (Å²) in [5.41, 5.74) is 0. The molecule has 0 saturated carbocycles. The molecule has 2 amide bonds. The molecule has 0 heterocycles. The van der Waals surface area contributed by atoms with Crippen molar-refractivity contribution in [3.8, 4) is 0 Å². The van der Waals surface area contributed by atoms with Crippen LogP contribution in [0.4, 0.5) is 4.79 Å². The van der Waals surface area contributed by atoms with E-state index in [1.54, 1.807) is 0 Å². The molecule has 0 aliphatic heterocycles. The fourth-order valence-electron chi connectivity index (χ4n) is 1.52. The summed E-state index contributed by atoms with van der Waals surface area (Å²) in [6.45, 7) is 5.82. The zero-order valence-electron chi connectivity index (χ0n) is 10.9. The van der Waals surface area contributed by atoms with Crippen molar-refractivity contribution in [3.63, 3.8) is 0 Å². The number of amides is 2. The second kappa shape index (κ2) is 12.3. The van der Waals surface area contributed by atoms with Crippen molar-refractivity contribution in [1.82, 2.24) is 10.6 Å². The average Bonchev–Trinajstić information content (AvgIpc) is 2.28. The van der Waals surface area contributed by atoms with Crippen LogP contribution in [0, 0.1) is 0 Å². The Kier molecular flexibility index (Phi) is 11.8. The SMILES string of the molecule is CCCCCC[N]C(=O)NCCCCCC. The highest BCUT2D eigenvalue weighted by Gasteiger charge is 1.99. The maximum absolute atomic E-state index is 11.2. The minimum atomic E-state index is -0.131. The van der Waals surface area contributed by atoms with Gasteiger partial charge < -0.3 is 5.32 Å². The topological polar surface area (TPSA) is 43.2 Å². The third-order valence-electron chi connectivity index (χ3n) is 2.57. The number of carbonyl (C=O) groups excluding carboxylic acids is 1. The maximum Gasteiger partial charge on any atom is 0.336 e. The van der Waals surface area contributed by atoms with E-state index in [9.17, 15) is 4.79 Å². The molecule has 16 heavy (non-hydrogen) atoms. The smallest absolute Gasteiger partial charge is 0.336 e. The van der Waals surface area contributed by atoms with E-state index in [-0.39, 0.29) is 6.03 Å². The lowest BCUT2D eigenvalue weighted by atomic mass is 10.2. The Bertz CT molecular complexity index is 144. The molecule has 0 rings (SSSR count). The van der Waals surface area contributed by atoms with Crippen LogP contribution in [0.25, 0.3) is 0 Å². The van der Waals surface area contributed by atoms with Crippen LogP contribution in [-0.4, -0.2) is 19.1 Å². The molecule has 0 fully saturated rings. The molecular formula is C13H27N2O. The minimum Gasteiger partial charge on any atom is -0.337 e. The largest absolute Gasteiger partial charge is 0.337 e. The van der Waals surface area contributed by atoms with E-state index in [4.69, 9.17) is 0 Å². The minimum absolute atomic E-state index is 0.131. The van der Waals surface area contributed by atoms with Crippen LogP contribution in [-0.2, 0) is 0 Å². The molecule has 0 bridgehead atoms. The Hall–Kier alpha value is -0.730. The van der Waals surface area contributed by atoms with Crippen LogP contribution in [0.1, 0.15) is 65.2 Å². The van der Waals surface area contributed by atoms with Gasteiger partial charge in [0.2, 0.25) is 0 Å². The van der Waals surface area contributed by atoms with Crippen LogP contribution in [0.2, 0.25) is 0 Å². The fourth-order valence-corrected chi connectivity index (χ4v) is 1.52. The molecule has 0 atom stereocenters. The Balaban J connectivity index is 3.12. The summed E-state index contributed by atoms with van der Waals surface area (Å²) in [5, 5.41) is 6.79. The monoisotopic (exact) mass is 227 g/mol. The summed E-state index contributed by atoms with van der Waals surface area (Å²) in [7, 11) is 0. The predicted octanol–water partition coefficient (Wildman–Crippen LogP) is 3.46. The van der Waals surface area contributed by atoms with E-state index < -0.39 is 0 Å². The summed E-state index contributed by atoms with van der Waals surface area (Å²) in [4.78, 5) is 11.2. The van der Waals surface area contributed by atoms with Crippen molar-refractivity contribution in [1.29, 1.82) is 0 Å². The number of hydrogen-bond donors (Lipinski definition) is 1. The van der Waals surface area contributed by atoms with E-state index >= 15 is 0 Å². The van der Waals surface area contributed by atoms with Gasteiger partial charge in [-0.1, -0.05) is 52.4 Å². The molecule has 3 nitrogen and oxygen atoms in total. The molecule has 0 aliphatic rings. The van der Waals surface area contributed by atoms with Gasteiger partial charge in [-0.3, -0.25) is 0 Å². The number of rotatable bonds is 10. The molecule has 0 aliphatic carbocycles. The number of unbranched alkanes of at least 4 members (excludes halogenated alkanes) is 6. The van der Waals surface area contributed by atoms with Crippen molar-refractivity contribution in [2.45, 2.75) is 65.2 Å². The first-order valence-corrected chi connectivity index (χ1v) is 6.76. The molecule has 95 valence electrons. The number of urea groups is 1. The predicted molar refractivity (Wildman–Crippen MR) is 68.7 cm³/mol. The highest BCUT2D eigenvalue weighted by Crippen LogP contribution is 1.98. The molecule has 0 unspecified atom stereocenters. The molecule has 3 heteroatoms. The van der Waals surface area contributed by atoms with Crippen molar-refractivity contribution in [3.05, 3.63) is 0 Å². The van der Waals surface area contributed by atoms with E-state index in [2.05, 4.69) is 24.5 Å². The fraction of sp³-hybridized carbons (Fsp3) is 0.923. The van der Waals surface area contributed by atoms with Gasteiger partial charge in [0.15, 0.2) is 0 Å². The van der Waals surface area contributed by atoms with E-state index in [1.165, 1.54) is 38.5 Å². The molecule has 0 aromatic rings. The van der Waals surface area contributed by atoms with Crippen LogP contribution >= 0.6 is 0 Å². The quantitative estimate of drug-likeness (QED) is 0.571. The second-order valence-corrected chi connectivity index (χ2v) is 4.23. The van der Waals surface area contributed by atoms with Gasteiger partial charge in [-0.2, -0.15) is 0 Å². The molecule has 1 radical (unpaired) electrons. The molecular weight excluding hydrogens is 200 g/mol. The summed E-state index contributed by atoms with van der Waals surface area (Å²) in [6.07, 6.45) is 9.46. The van der Waals surface area contributed by atoms with Gasteiger partial charge in [0.25, 0.3) is 0 Å². The molecule has 0 saturated heterocycles. The summed E-state index contributed by atoms with van der Waals surface area (Å²) in [6, 6.07) is -0.131. The van der Waals surface area contributed by atoms with Crippen molar-refractivity contribution in [2.24, 2.45) is 0 Å². The standard InChI is InChI=1S/C13H27N2O/c1-3-5-7-9-11-14-13(16)15-12-10-8-6-4-2/h3-12H2,1-2H3,(H,14,16). The first-order chi connectivity index (χ1) is 7.81. The summed E-state index contributed by atoms with van der Waals surface area (Å²) < 4.78 is 0. The third kappa shape index (κ3) is 11.3. The van der Waals surface area contributed by atoms with Crippen LogP contribution in [0.3, 0.4) is 0 Å². The van der Waals surface area contributed by atoms with Gasteiger partial charge >= 0.3 is 6.03 Å². The molecule has 0 aromatic heterocycles. The Labute approximate surface area is 100 Å². The van der Waals surface area contributed by atoms with E-state index in [0.717, 1.165) is 19.4 Å². The van der Waals surface area contributed by atoms with Crippen LogP contribution < -0.4 is 10.6 Å². The number of nitrogens with zero attached hydrogens (tertiary/aromatic N) is 1. The van der Waals surface area contributed by atoms with Gasteiger partial charge in [0.1, 0.15) is 0 Å². The number of carbonyl (C=O) groups is 1. The zero-order valence-corrected chi connectivity index (χ0v) is 10.9. The normalized spacial score (nSPS) is 10.1. The Morgan fingerprint density at radius 2 is 1.56 bits per heavy atom. The molecule has 1 N–H and O–H groups in total. The van der Waals surface area contributed by atoms with Gasteiger partial charge in [-0.25, -0.2) is 10.1 Å². The van der Waals surface area contributed by atoms with Crippen molar-refractivity contribution < 1.29 is 4.79 Å². The molecule has 0 aromatic carbocycles. The van der Waals surface area contributed by atoms with Crippen LogP contribution in [0.5, 0.6) is 0 Å². The second-order valence-electron chi connectivity index (χ2n) is 4.23. The lowest BCUT2D eigenvalue weighted by Crippen LogP contribution is -2.31. The third-order valence-corrected chi connectivity index (χ3v) is 2.57. The van der Waals surface area contributed by atoms with E-state index in [1.807, 2.05) is 0 Å². The highest BCUT2D eigenvalue weighted by atomic mass is 16.2. The summed E-state index contributed by atoms with van der Waals surface area (Å²) in [5.74, 6) is 0. The van der Waals surface area contributed by atoms with Gasteiger partial charge in [-0.15, -0.1) is 0 Å². The summed E-state index contributed by atoms with van der Waals surface area (Å²) >= 11 is 0. The zero-order chi connectivity index (χ0) is 12.1. The van der Waals surface area contributed by atoms with Crippen LogP contribution in [0.15, 0.2) is 0 Å². The highest BCUT2D eigenvalue weighted by molar-refractivity contribution is 5.73. The lowest BCUT2D eigenvalue weighted by Gasteiger charge is -2.04. The maximum atomic E-state index is 11.2. The van der Waals surface area contributed by atoms with Crippen molar-refractivity contribution in [2.75, 3.05) is 13.1 Å². The van der Waals surface area contributed by atoms with Gasteiger partial charge in [0, 0.05) is 13.1 Å². The Morgan fingerprint density at radius 3 is 2.19 bits per heavy atom. The number of hydrogen-bond acceptors (Lipinski definition) is 1.